The van der Waals surface area contributed by atoms with Gasteiger partial charge in [0, 0.05) is 12.8 Å². The molecule has 0 spiro atoms. The second kappa shape index (κ2) is 5.24. The fourth-order valence-corrected chi connectivity index (χ4v) is 2.86. The molecule has 0 radical (unpaired) electrons. The smallest absolute Gasteiger partial charge is 0.299 e. The van der Waals surface area contributed by atoms with Gasteiger partial charge >= 0.3 is 6.18 Å². The molecule has 0 unspecified atom stereocenters. The van der Waals surface area contributed by atoms with Gasteiger partial charge in [-0.25, -0.2) is 0 Å². The Morgan fingerprint density at radius 2 is 1.73 bits per heavy atom. The first kappa shape index (κ1) is 16.2. The molecule has 1 fully saturated rings. The zero-order valence-corrected chi connectivity index (χ0v) is 12.1. The van der Waals surface area contributed by atoms with Crippen LogP contribution in [0.25, 0.3) is 0 Å². The maximum absolute atomic E-state index is 13.2. The minimum atomic E-state index is -4.73. The third-order valence-electron chi connectivity index (χ3n) is 3.75. The number of alkyl halides is 3. The van der Waals surface area contributed by atoms with Crippen molar-refractivity contribution in [2.75, 3.05) is 0 Å². The molecule has 22 heavy (non-hydrogen) atoms. The number of nitriles is 1. The average Bonchev–Trinajstić information content (AvgIpc) is 2.35. The van der Waals surface area contributed by atoms with E-state index in [2.05, 4.69) is 0 Å². The Morgan fingerprint density at radius 3 is 2.18 bits per heavy atom. The molecule has 0 atom stereocenters. The second-order valence-corrected chi connectivity index (χ2v) is 6.29. The van der Waals surface area contributed by atoms with Gasteiger partial charge in [0.1, 0.15) is 17.5 Å². The van der Waals surface area contributed by atoms with E-state index < -0.39 is 34.6 Å². The predicted molar refractivity (Wildman–Crippen MR) is 71.9 cm³/mol. The summed E-state index contributed by atoms with van der Waals surface area (Å²) in [5.74, 6) is -2.40. The van der Waals surface area contributed by atoms with Crippen molar-refractivity contribution < 1.29 is 22.8 Å². The summed E-state index contributed by atoms with van der Waals surface area (Å²) in [6, 6.07) is 4.59. The molecule has 0 saturated heterocycles. The molecule has 1 aliphatic carbocycles. The Labute approximate surface area is 125 Å². The first-order chi connectivity index (χ1) is 10.0. The fourth-order valence-electron chi connectivity index (χ4n) is 2.86. The molecule has 0 aromatic heterocycles. The van der Waals surface area contributed by atoms with Crippen molar-refractivity contribution in [3.63, 3.8) is 0 Å². The minimum absolute atomic E-state index is 0.0563. The van der Waals surface area contributed by atoms with Crippen LogP contribution < -0.4 is 0 Å². The van der Waals surface area contributed by atoms with Crippen LogP contribution in [0.15, 0.2) is 18.2 Å². The molecule has 0 heterocycles. The van der Waals surface area contributed by atoms with Gasteiger partial charge in [0.2, 0.25) is 0 Å². The number of Topliss-reactive ketones (excluding diaryl/α,β-unsaturated/α-hetero) is 2. The Kier molecular flexibility index (Phi) is 3.86. The zero-order valence-electron chi connectivity index (χ0n) is 12.1. The molecule has 0 amide bonds. The lowest BCUT2D eigenvalue weighted by Gasteiger charge is -2.33. The topological polar surface area (TPSA) is 57.9 Å². The monoisotopic (exact) mass is 309 g/mol. The normalized spacial score (nSPS) is 19.1. The molecule has 0 N–H and O–H groups in total. The molecule has 6 heteroatoms. The van der Waals surface area contributed by atoms with Crippen LogP contribution >= 0.6 is 0 Å². The molecule has 0 bridgehead atoms. The first-order valence-electron chi connectivity index (χ1n) is 6.72. The zero-order chi connectivity index (χ0) is 16.7. The summed E-state index contributed by atoms with van der Waals surface area (Å²) in [6.07, 6.45) is -4.61. The number of hydrogen-bond acceptors (Lipinski definition) is 3. The van der Waals surface area contributed by atoms with Crippen molar-refractivity contribution in [3.05, 3.63) is 34.9 Å². The highest BCUT2D eigenvalue weighted by Gasteiger charge is 2.44. The third-order valence-corrected chi connectivity index (χ3v) is 3.75. The van der Waals surface area contributed by atoms with E-state index in [0.717, 1.165) is 6.07 Å². The van der Waals surface area contributed by atoms with Gasteiger partial charge < -0.3 is 0 Å². The average molecular weight is 309 g/mol. The Hall–Kier alpha value is -2.16. The van der Waals surface area contributed by atoms with E-state index in [1.807, 2.05) is 0 Å². The Bertz CT molecular complexity index is 664. The highest BCUT2D eigenvalue weighted by atomic mass is 19.4. The van der Waals surface area contributed by atoms with Crippen LogP contribution in [-0.4, -0.2) is 11.6 Å². The quantitative estimate of drug-likeness (QED) is 0.744. The molecule has 3 nitrogen and oxygen atoms in total. The summed E-state index contributed by atoms with van der Waals surface area (Å²) in [5.41, 5.74) is -2.13. The van der Waals surface area contributed by atoms with Gasteiger partial charge in [0.05, 0.1) is 17.2 Å². The summed E-state index contributed by atoms with van der Waals surface area (Å²) in [5, 5.41) is 8.75. The van der Waals surface area contributed by atoms with E-state index in [9.17, 15) is 22.8 Å². The molecule has 1 aromatic carbocycles. The van der Waals surface area contributed by atoms with Crippen molar-refractivity contribution in [1.82, 2.24) is 0 Å². The van der Waals surface area contributed by atoms with Crippen molar-refractivity contribution in [3.8, 4) is 6.07 Å². The number of halogens is 3. The number of rotatable bonds is 1. The van der Waals surface area contributed by atoms with E-state index in [-0.39, 0.29) is 24.0 Å². The number of nitrogens with zero attached hydrogens (tertiary/aromatic N) is 1. The van der Waals surface area contributed by atoms with Crippen LogP contribution in [0.1, 0.15) is 49.3 Å². The maximum Gasteiger partial charge on any atom is 0.416 e. The number of benzene rings is 1. The molecular weight excluding hydrogens is 295 g/mol. The van der Waals surface area contributed by atoms with E-state index in [1.54, 1.807) is 19.9 Å². The van der Waals surface area contributed by atoms with Gasteiger partial charge in [-0.15, -0.1) is 0 Å². The van der Waals surface area contributed by atoms with Crippen LogP contribution in [0.5, 0.6) is 0 Å². The summed E-state index contributed by atoms with van der Waals surface area (Å²) >= 11 is 0. The molecular formula is C16H14F3NO2. The summed E-state index contributed by atoms with van der Waals surface area (Å²) in [4.78, 5) is 24.4. The Balaban J connectivity index is 2.56. The van der Waals surface area contributed by atoms with Gasteiger partial charge in [0.15, 0.2) is 0 Å². The number of carbonyl (C=O) groups excluding carboxylic acids is 2. The largest absolute Gasteiger partial charge is 0.416 e. The molecule has 1 aliphatic rings. The van der Waals surface area contributed by atoms with Crippen LogP contribution in [0.2, 0.25) is 0 Å². The Morgan fingerprint density at radius 1 is 1.18 bits per heavy atom. The van der Waals surface area contributed by atoms with E-state index >= 15 is 0 Å². The van der Waals surface area contributed by atoms with Crippen LogP contribution in [0.4, 0.5) is 13.2 Å². The highest BCUT2D eigenvalue weighted by Crippen LogP contribution is 2.42. The lowest BCUT2D eigenvalue weighted by atomic mass is 9.69. The standard InChI is InChI=1S/C16H14F3NO2/c1-15(2)6-12(21)14(13(22)7-15)10-4-3-9(8-20)5-11(10)16(17,18)19/h3-5,14H,6-7H2,1-2H3. The van der Waals surface area contributed by atoms with Gasteiger partial charge in [-0.05, 0) is 23.1 Å². The van der Waals surface area contributed by atoms with Gasteiger partial charge in [-0.1, -0.05) is 19.9 Å². The van der Waals surface area contributed by atoms with Crippen LogP contribution in [-0.2, 0) is 15.8 Å². The van der Waals surface area contributed by atoms with Crippen LogP contribution in [0.3, 0.4) is 0 Å². The molecule has 1 aromatic rings. The fraction of sp³-hybridized carbons (Fsp3) is 0.438. The number of ketones is 2. The maximum atomic E-state index is 13.2. The third kappa shape index (κ3) is 3.03. The molecule has 0 aliphatic heterocycles. The predicted octanol–water partition coefficient (Wildman–Crippen LogP) is 3.62. The molecule has 116 valence electrons. The van der Waals surface area contributed by atoms with Crippen molar-refractivity contribution in [1.29, 1.82) is 5.26 Å². The molecule has 1 saturated carbocycles. The van der Waals surface area contributed by atoms with E-state index in [4.69, 9.17) is 5.26 Å². The summed E-state index contributed by atoms with van der Waals surface area (Å²) < 4.78 is 39.6. The van der Waals surface area contributed by atoms with E-state index in [1.165, 1.54) is 6.07 Å². The van der Waals surface area contributed by atoms with Gasteiger partial charge in [0.25, 0.3) is 0 Å². The van der Waals surface area contributed by atoms with E-state index in [0.29, 0.717) is 6.07 Å². The van der Waals surface area contributed by atoms with Gasteiger partial charge in [-0.2, -0.15) is 18.4 Å². The molecule has 2 rings (SSSR count). The minimum Gasteiger partial charge on any atom is -0.299 e. The highest BCUT2D eigenvalue weighted by molar-refractivity contribution is 6.10. The summed E-state index contributed by atoms with van der Waals surface area (Å²) in [7, 11) is 0. The van der Waals surface area contributed by atoms with Crippen molar-refractivity contribution in [2.45, 2.75) is 38.8 Å². The SMILES string of the molecule is CC1(C)CC(=O)C(c2ccc(C#N)cc2C(F)(F)F)C(=O)C1. The lowest BCUT2D eigenvalue weighted by Crippen LogP contribution is -2.37. The first-order valence-corrected chi connectivity index (χ1v) is 6.72. The summed E-state index contributed by atoms with van der Waals surface area (Å²) in [6.45, 7) is 3.48. The number of hydrogen-bond donors (Lipinski definition) is 0. The lowest BCUT2D eigenvalue weighted by molar-refractivity contribution is -0.140. The van der Waals surface area contributed by atoms with Crippen molar-refractivity contribution in [2.24, 2.45) is 5.41 Å². The van der Waals surface area contributed by atoms with Crippen LogP contribution in [0, 0.1) is 16.7 Å². The number of carbonyl (C=O) groups is 2. The van der Waals surface area contributed by atoms with Crippen molar-refractivity contribution >= 4 is 11.6 Å². The van der Waals surface area contributed by atoms with Gasteiger partial charge in [-0.3, -0.25) is 9.59 Å². The second-order valence-electron chi connectivity index (χ2n) is 6.29.